The third-order valence-electron chi connectivity index (χ3n) is 4.48. The molecule has 0 saturated heterocycles. The molecule has 2 heterocycles. The van der Waals surface area contributed by atoms with Gasteiger partial charge in [0.05, 0.1) is 12.0 Å². The summed E-state index contributed by atoms with van der Waals surface area (Å²) in [5.74, 6) is -1.10. The van der Waals surface area contributed by atoms with Crippen LogP contribution in [0.1, 0.15) is 11.1 Å². The van der Waals surface area contributed by atoms with Crippen LogP contribution in [-0.2, 0) is 10.3 Å². The average Bonchev–Trinajstić information content (AvgIpc) is 3.17. The Labute approximate surface area is 137 Å². The summed E-state index contributed by atoms with van der Waals surface area (Å²) in [5, 5.41) is 0. The van der Waals surface area contributed by atoms with Gasteiger partial charge in [-0.1, -0.05) is 12.1 Å². The van der Waals surface area contributed by atoms with Gasteiger partial charge in [-0.15, -0.1) is 0 Å². The van der Waals surface area contributed by atoms with Gasteiger partial charge < -0.3 is 9.47 Å². The van der Waals surface area contributed by atoms with Crippen molar-refractivity contribution in [2.75, 3.05) is 11.9 Å². The van der Waals surface area contributed by atoms with Crippen LogP contribution in [0, 0.1) is 11.6 Å². The number of anilines is 1. The second-order valence-electron chi connectivity index (χ2n) is 5.71. The molecule has 1 atom stereocenters. The summed E-state index contributed by atoms with van der Waals surface area (Å²) in [5.41, 5.74) is 0.346. The van der Waals surface area contributed by atoms with Crippen molar-refractivity contribution < 1.29 is 13.6 Å². The lowest BCUT2D eigenvalue weighted by molar-refractivity contribution is -0.122. The van der Waals surface area contributed by atoms with Gasteiger partial charge in [0.25, 0.3) is 5.91 Å². The standard InChI is InChI=1S/C18H13F2N3O/c1-22-16-7-6-14(20)10-15(16)18(17(22)24,23-9-8-21-11-23)12-2-4-13(19)5-3-12/h2-11H,1H3. The number of nitrogens with zero attached hydrogens (tertiary/aromatic N) is 3. The Morgan fingerprint density at radius 2 is 1.75 bits per heavy atom. The second-order valence-corrected chi connectivity index (χ2v) is 5.71. The number of hydrogen-bond acceptors (Lipinski definition) is 2. The van der Waals surface area contributed by atoms with Crippen molar-refractivity contribution in [3.63, 3.8) is 0 Å². The molecule has 1 aliphatic heterocycles. The molecule has 0 saturated carbocycles. The van der Waals surface area contributed by atoms with Gasteiger partial charge in [0, 0.05) is 25.0 Å². The van der Waals surface area contributed by atoms with Gasteiger partial charge in [0.2, 0.25) is 0 Å². The Morgan fingerprint density at radius 3 is 2.42 bits per heavy atom. The van der Waals surface area contributed by atoms with E-state index < -0.39 is 17.2 Å². The Morgan fingerprint density at radius 1 is 1.04 bits per heavy atom. The molecule has 4 rings (SSSR count). The maximum atomic E-state index is 14.0. The summed E-state index contributed by atoms with van der Waals surface area (Å²) in [6.45, 7) is 0. The number of rotatable bonds is 2. The van der Waals surface area contributed by atoms with Crippen LogP contribution in [0.25, 0.3) is 0 Å². The van der Waals surface area contributed by atoms with Crippen molar-refractivity contribution in [2.45, 2.75) is 5.54 Å². The van der Waals surface area contributed by atoms with Crippen LogP contribution in [-0.4, -0.2) is 22.5 Å². The second kappa shape index (κ2) is 4.99. The fourth-order valence-corrected chi connectivity index (χ4v) is 3.38. The summed E-state index contributed by atoms with van der Waals surface area (Å²) in [6, 6.07) is 9.90. The van der Waals surface area contributed by atoms with E-state index in [0.717, 1.165) is 0 Å². The molecule has 0 spiro atoms. The number of aromatic nitrogens is 2. The van der Waals surface area contributed by atoms with Gasteiger partial charge >= 0.3 is 0 Å². The minimum atomic E-state index is -1.31. The highest BCUT2D eigenvalue weighted by Gasteiger charge is 2.52. The van der Waals surface area contributed by atoms with Crippen molar-refractivity contribution in [2.24, 2.45) is 0 Å². The number of halogens is 2. The fraction of sp³-hybridized carbons (Fsp3) is 0.111. The van der Waals surface area contributed by atoms with E-state index >= 15 is 0 Å². The molecule has 0 N–H and O–H groups in total. The molecule has 0 bridgehead atoms. The van der Waals surface area contributed by atoms with Gasteiger partial charge in [-0.2, -0.15) is 0 Å². The molecule has 0 aliphatic carbocycles. The van der Waals surface area contributed by atoms with Crippen LogP contribution in [0.5, 0.6) is 0 Å². The quantitative estimate of drug-likeness (QED) is 0.726. The van der Waals surface area contributed by atoms with E-state index in [2.05, 4.69) is 4.98 Å². The van der Waals surface area contributed by atoms with Crippen LogP contribution in [0.3, 0.4) is 0 Å². The highest BCUT2D eigenvalue weighted by molar-refractivity contribution is 6.10. The number of imidazole rings is 1. The van der Waals surface area contributed by atoms with Crippen LogP contribution >= 0.6 is 0 Å². The Hall–Kier alpha value is -3.02. The van der Waals surface area contributed by atoms with Crippen molar-refractivity contribution in [1.82, 2.24) is 9.55 Å². The molecule has 24 heavy (non-hydrogen) atoms. The summed E-state index contributed by atoms with van der Waals surface area (Å²) >= 11 is 0. The number of benzene rings is 2. The minimum Gasteiger partial charge on any atom is -0.314 e. The van der Waals surface area contributed by atoms with E-state index in [-0.39, 0.29) is 5.91 Å². The third-order valence-corrected chi connectivity index (χ3v) is 4.48. The monoisotopic (exact) mass is 325 g/mol. The molecule has 3 aromatic rings. The third kappa shape index (κ3) is 1.76. The molecule has 2 aromatic carbocycles. The maximum Gasteiger partial charge on any atom is 0.262 e. The highest BCUT2D eigenvalue weighted by atomic mass is 19.1. The smallest absolute Gasteiger partial charge is 0.262 e. The van der Waals surface area contributed by atoms with Gasteiger partial charge in [-0.3, -0.25) is 4.79 Å². The number of fused-ring (bicyclic) bond motifs is 1. The molecule has 0 radical (unpaired) electrons. The lowest BCUT2D eigenvalue weighted by Gasteiger charge is -2.30. The van der Waals surface area contributed by atoms with Gasteiger partial charge in [0.1, 0.15) is 11.6 Å². The van der Waals surface area contributed by atoms with E-state index in [1.54, 1.807) is 42.2 Å². The van der Waals surface area contributed by atoms with E-state index in [1.165, 1.54) is 35.5 Å². The summed E-state index contributed by atoms with van der Waals surface area (Å²) in [6.07, 6.45) is 4.71. The number of carbonyl (C=O) groups is 1. The minimum absolute atomic E-state index is 0.257. The predicted molar refractivity (Wildman–Crippen MR) is 84.6 cm³/mol. The molecule has 120 valence electrons. The lowest BCUT2D eigenvalue weighted by Crippen LogP contribution is -2.45. The lowest BCUT2D eigenvalue weighted by atomic mass is 9.83. The van der Waals surface area contributed by atoms with Crippen molar-refractivity contribution in [3.8, 4) is 0 Å². The number of carbonyl (C=O) groups excluding carboxylic acids is 1. The van der Waals surface area contributed by atoms with Gasteiger partial charge in [-0.25, -0.2) is 13.8 Å². The first kappa shape index (κ1) is 14.6. The highest BCUT2D eigenvalue weighted by Crippen LogP contribution is 2.46. The largest absolute Gasteiger partial charge is 0.314 e. The molecular formula is C18H13F2N3O. The molecule has 1 unspecified atom stereocenters. The van der Waals surface area contributed by atoms with Crippen LogP contribution in [0.4, 0.5) is 14.5 Å². The van der Waals surface area contributed by atoms with E-state index in [0.29, 0.717) is 16.8 Å². The van der Waals surface area contributed by atoms with E-state index in [1.807, 2.05) is 0 Å². The molecular weight excluding hydrogens is 312 g/mol. The molecule has 1 aromatic heterocycles. The summed E-state index contributed by atoms with van der Waals surface area (Å²) in [4.78, 5) is 18.8. The van der Waals surface area contributed by atoms with Crippen molar-refractivity contribution in [3.05, 3.63) is 83.9 Å². The zero-order chi connectivity index (χ0) is 16.9. The molecule has 1 amide bonds. The maximum absolute atomic E-state index is 14.0. The van der Waals surface area contributed by atoms with E-state index in [9.17, 15) is 13.6 Å². The predicted octanol–water partition coefficient (Wildman–Crippen LogP) is 2.93. The van der Waals surface area contributed by atoms with Crippen molar-refractivity contribution in [1.29, 1.82) is 0 Å². The zero-order valence-electron chi connectivity index (χ0n) is 12.8. The SMILES string of the molecule is CN1C(=O)C(c2ccc(F)cc2)(n2ccnc2)c2cc(F)ccc21. The van der Waals surface area contributed by atoms with E-state index in [4.69, 9.17) is 0 Å². The molecule has 4 nitrogen and oxygen atoms in total. The van der Waals surface area contributed by atoms with Crippen LogP contribution in [0.15, 0.2) is 61.2 Å². The fourth-order valence-electron chi connectivity index (χ4n) is 3.38. The topological polar surface area (TPSA) is 38.1 Å². The first-order valence-corrected chi connectivity index (χ1v) is 7.38. The Bertz CT molecular complexity index is 922. The first-order valence-electron chi connectivity index (χ1n) is 7.38. The molecule has 1 aliphatic rings. The normalized spacial score (nSPS) is 19.6. The van der Waals surface area contributed by atoms with Crippen LogP contribution < -0.4 is 4.90 Å². The molecule has 6 heteroatoms. The summed E-state index contributed by atoms with van der Waals surface area (Å²) < 4.78 is 29.0. The number of amides is 1. The Balaban J connectivity index is 2.11. The number of likely N-dealkylation sites (N-methyl/N-ethyl adjacent to an activating group) is 1. The zero-order valence-corrected chi connectivity index (χ0v) is 12.8. The number of hydrogen-bond donors (Lipinski definition) is 0. The van der Waals surface area contributed by atoms with Gasteiger partial charge in [-0.05, 0) is 35.9 Å². The Kier molecular flexibility index (Phi) is 3.03. The first-order chi connectivity index (χ1) is 11.5. The van der Waals surface area contributed by atoms with Crippen molar-refractivity contribution >= 4 is 11.6 Å². The van der Waals surface area contributed by atoms with Crippen LogP contribution in [0.2, 0.25) is 0 Å². The summed E-state index contributed by atoms with van der Waals surface area (Å²) in [7, 11) is 1.64. The van der Waals surface area contributed by atoms with Gasteiger partial charge in [0.15, 0.2) is 5.54 Å². The molecule has 0 fully saturated rings. The average molecular weight is 325 g/mol.